The molecule has 1 aromatic rings. The van der Waals surface area contributed by atoms with Gasteiger partial charge in [-0.05, 0) is 23.6 Å². The van der Waals surface area contributed by atoms with Crippen molar-refractivity contribution in [3.8, 4) is 0 Å². The summed E-state index contributed by atoms with van der Waals surface area (Å²) in [5.41, 5.74) is 3.31. The number of aryl methyl sites for hydroxylation is 1. The average Bonchev–Trinajstić information content (AvgIpc) is 2.34. The highest BCUT2D eigenvalue weighted by Gasteiger charge is 2.12. The number of carboxylic acid groups (broad SMARTS) is 1. The molecule has 98 valence electrons. The van der Waals surface area contributed by atoms with Gasteiger partial charge in [0.25, 0.3) is 0 Å². The zero-order valence-electron chi connectivity index (χ0n) is 10.7. The lowest BCUT2D eigenvalue weighted by molar-refractivity contribution is -0.136. The summed E-state index contributed by atoms with van der Waals surface area (Å²) >= 11 is 0. The zero-order valence-corrected chi connectivity index (χ0v) is 10.7. The normalized spacial score (nSPS) is 16.7. The van der Waals surface area contributed by atoms with Gasteiger partial charge in [-0.15, -0.1) is 0 Å². The summed E-state index contributed by atoms with van der Waals surface area (Å²) in [6, 6.07) is 5.92. The van der Waals surface area contributed by atoms with Crippen LogP contribution in [0.1, 0.15) is 16.7 Å². The summed E-state index contributed by atoms with van der Waals surface area (Å²) < 4.78 is 5.32. The van der Waals surface area contributed by atoms with Gasteiger partial charge in [-0.2, -0.15) is 0 Å². The molecular formula is C14H19NO3. The zero-order chi connectivity index (χ0) is 13.0. The van der Waals surface area contributed by atoms with Crippen molar-refractivity contribution in [3.63, 3.8) is 0 Å². The van der Waals surface area contributed by atoms with E-state index in [0.717, 1.165) is 38.4 Å². The number of carbonyl (C=O) groups is 1. The predicted molar refractivity (Wildman–Crippen MR) is 68.6 cm³/mol. The molecule has 18 heavy (non-hydrogen) atoms. The first kappa shape index (κ1) is 13.1. The highest BCUT2D eigenvalue weighted by atomic mass is 16.5. The Morgan fingerprint density at radius 2 is 2.11 bits per heavy atom. The third-order valence-electron chi connectivity index (χ3n) is 3.27. The molecule has 0 unspecified atom stereocenters. The van der Waals surface area contributed by atoms with Crippen molar-refractivity contribution in [3.05, 3.63) is 34.9 Å². The largest absolute Gasteiger partial charge is 0.481 e. The van der Waals surface area contributed by atoms with Crippen molar-refractivity contribution in [2.75, 3.05) is 26.3 Å². The number of ether oxygens (including phenoxy) is 1. The topological polar surface area (TPSA) is 49.8 Å². The molecule has 0 aliphatic carbocycles. The van der Waals surface area contributed by atoms with Crippen LogP contribution in [0.3, 0.4) is 0 Å². The van der Waals surface area contributed by atoms with E-state index in [9.17, 15) is 4.79 Å². The van der Waals surface area contributed by atoms with Crippen LogP contribution in [0.15, 0.2) is 18.2 Å². The number of carboxylic acids is 1. The minimum absolute atomic E-state index is 0.0936. The Morgan fingerprint density at radius 3 is 2.78 bits per heavy atom. The highest BCUT2D eigenvalue weighted by Crippen LogP contribution is 2.15. The van der Waals surface area contributed by atoms with Crippen LogP contribution in [0.5, 0.6) is 0 Å². The maximum atomic E-state index is 10.7. The number of hydrogen-bond donors (Lipinski definition) is 1. The van der Waals surface area contributed by atoms with Crippen molar-refractivity contribution in [2.24, 2.45) is 0 Å². The van der Waals surface area contributed by atoms with Crippen LogP contribution in [-0.4, -0.2) is 42.3 Å². The minimum atomic E-state index is -0.781. The Balaban J connectivity index is 2.07. The first-order chi connectivity index (χ1) is 8.65. The van der Waals surface area contributed by atoms with Crippen molar-refractivity contribution in [2.45, 2.75) is 19.9 Å². The van der Waals surface area contributed by atoms with Crippen LogP contribution in [0, 0.1) is 6.92 Å². The van der Waals surface area contributed by atoms with Crippen LogP contribution < -0.4 is 0 Å². The summed E-state index contributed by atoms with van der Waals surface area (Å²) in [6.45, 7) is 6.41. The number of benzene rings is 1. The van der Waals surface area contributed by atoms with E-state index in [1.54, 1.807) is 0 Å². The standard InChI is InChI=1S/C14H19NO3/c1-11-2-3-12(9-14(16)17)8-13(11)10-15-4-6-18-7-5-15/h2-3,8H,4-7,9-10H2,1H3,(H,16,17). The molecule has 1 aliphatic heterocycles. The molecule has 4 heteroatoms. The maximum absolute atomic E-state index is 10.7. The molecule has 0 saturated carbocycles. The van der Waals surface area contributed by atoms with Gasteiger partial charge in [0.1, 0.15) is 0 Å². The molecule has 1 saturated heterocycles. The number of nitrogens with zero attached hydrogens (tertiary/aromatic N) is 1. The molecule has 1 fully saturated rings. The maximum Gasteiger partial charge on any atom is 0.307 e. The summed E-state index contributed by atoms with van der Waals surface area (Å²) in [7, 11) is 0. The molecular weight excluding hydrogens is 230 g/mol. The van der Waals surface area contributed by atoms with Crippen molar-refractivity contribution < 1.29 is 14.6 Å². The lowest BCUT2D eigenvalue weighted by Gasteiger charge is -2.27. The van der Waals surface area contributed by atoms with E-state index in [1.807, 2.05) is 18.2 Å². The van der Waals surface area contributed by atoms with Crippen LogP contribution in [-0.2, 0) is 22.5 Å². The molecule has 1 aliphatic rings. The molecule has 0 amide bonds. The van der Waals surface area contributed by atoms with Gasteiger partial charge in [-0.25, -0.2) is 0 Å². The number of aliphatic carboxylic acids is 1. The van der Waals surface area contributed by atoms with Crippen LogP contribution in [0.4, 0.5) is 0 Å². The van der Waals surface area contributed by atoms with Gasteiger partial charge in [-0.3, -0.25) is 9.69 Å². The van der Waals surface area contributed by atoms with E-state index in [2.05, 4.69) is 11.8 Å². The highest BCUT2D eigenvalue weighted by molar-refractivity contribution is 5.70. The molecule has 1 heterocycles. The second-order valence-corrected chi connectivity index (χ2v) is 4.72. The van der Waals surface area contributed by atoms with Crippen molar-refractivity contribution >= 4 is 5.97 Å². The minimum Gasteiger partial charge on any atom is -0.481 e. The van der Waals surface area contributed by atoms with E-state index in [1.165, 1.54) is 11.1 Å². The van der Waals surface area contributed by atoms with Gasteiger partial charge in [0, 0.05) is 19.6 Å². The van der Waals surface area contributed by atoms with E-state index in [-0.39, 0.29) is 6.42 Å². The lowest BCUT2D eigenvalue weighted by atomic mass is 10.0. The third-order valence-corrected chi connectivity index (χ3v) is 3.27. The fourth-order valence-corrected chi connectivity index (χ4v) is 2.18. The van der Waals surface area contributed by atoms with Crippen molar-refractivity contribution in [1.29, 1.82) is 0 Å². The molecule has 1 N–H and O–H groups in total. The van der Waals surface area contributed by atoms with Crippen LogP contribution in [0.2, 0.25) is 0 Å². The first-order valence-corrected chi connectivity index (χ1v) is 6.25. The van der Waals surface area contributed by atoms with Gasteiger partial charge >= 0.3 is 5.97 Å². The molecule has 0 spiro atoms. The number of rotatable bonds is 4. The Labute approximate surface area is 107 Å². The van der Waals surface area contributed by atoms with Crippen molar-refractivity contribution in [1.82, 2.24) is 4.90 Å². The number of morpholine rings is 1. The molecule has 1 aromatic carbocycles. The summed E-state index contributed by atoms with van der Waals surface area (Å²) in [6.07, 6.45) is 0.0936. The Hall–Kier alpha value is -1.39. The summed E-state index contributed by atoms with van der Waals surface area (Å²) in [4.78, 5) is 13.1. The number of hydrogen-bond acceptors (Lipinski definition) is 3. The van der Waals surface area contributed by atoms with E-state index >= 15 is 0 Å². The molecule has 2 rings (SSSR count). The van der Waals surface area contributed by atoms with Gasteiger partial charge < -0.3 is 9.84 Å². The Morgan fingerprint density at radius 1 is 1.39 bits per heavy atom. The van der Waals surface area contributed by atoms with Crippen LogP contribution in [0.25, 0.3) is 0 Å². The molecule has 0 atom stereocenters. The third kappa shape index (κ3) is 3.55. The summed E-state index contributed by atoms with van der Waals surface area (Å²) in [5, 5.41) is 8.82. The van der Waals surface area contributed by atoms with Gasteiger partial charge in [0.2, 0.25) is 0 Å². The molecule has 0 bridgehead atoms. The average molecular weight is 249 g/mol. The van der Waals surface area contributed by atoms with Gasteiger partial charge in [-0.1, -0.05) is 18.2 Å². The molecule has 0 aromatic heterocycles. The second-order valence-electron chi connectivity index (χ2n) is 4.72. The lowest BCUT2D eigenvalue weighted by Crippen LogP contribution is -2.35. The van der Waals surface area contributed by atoms with E-state index < -0.39 is 5.97 Å². The van der Waals surface area contributed by atoms with E-state index in [0.29, 0.717) is 0 Å². The first-order valence-electron chi connectivity index (χ1n) is 6.25. The molecule has 0 radical (unpaired) electrons. The smallest absolute Gasteiger partial charge is 0.307 e. The summed E-state index contributed by atoms with van der Waals surface area (Å²) in [5.74, 6) is -0.781. The quantitative estimate of drug-likeness (QED) is 0.877. The fourth-order valence-electron chi connectivity index (χ4n) is 2.18. The monoisotopic (exact) mass is 249 g/mol. The van der Waals surface area contributed by atoms with Gasteiger partial charge in [0.15, 0.2) is 0 Å². The van der Waals surface area contributed by atoms with Crippen LogP contribution >= 0.6 is 0 Å². The Kier molecular flexibility index (Phi) is 4.33. The predicted octanol–water partition coefficient (Wildman–Crippen LogP) is 1.45. The SMILES string of the molecule is Cc1ccc(CC(=O)O)cc1CN1CCOCC1. The van der Waals surface area contributed by atoms with Gasteiger partial charge in [0.05, 0.1) is 19.6 Å². The second kappa shape index (κ2) is 5.98. The fraction of sp³-hybridized carbons (Fsp3) is 0.500. The Bertz CT molecular complexity index is 425. The molecule has 4 nitrogen and oxygen atoms in total. The van der Waals surface area contributed by atoms with E-state index in [4.69, 9.17) is 9.84 Å².